The van der Waals surface area contributed by atoms with E-state index in [2.05, 4.69) is 48.6 Å². The van der Waals surface area contributed by atoms with Gasteiger partial charge in [-0.15, -0.1) is 0 Å². The summed E-state index contributed by atoms with van der Waals surface area (Å²) in [5.41, 5.74) is 3.58. The number of aryl methyl sites for hydroxylation is 1. The molecule has 0 amide bonds. The maximum atomic E-state index is 6.08. The summed E-state index contributed by atoms with van der Waals surface area (Å²) >= 11 is 0. The van der Waals surface area contributed by atoms with Crippen LogP contribution >= 0.6 is 0 Å². The highest BCUT2D eigenvalue weighted by Gasteiger charge is 2.18. The highest BCUT2D eigenvalue weighted by Crippen LogP contribution is 2.32. The van der Waals surface area contributed by atoms with Gasteiger partial charge in [-0.2, -0.15) is 0 Å². The second-order valence-electron chi connectivity index (χ2n) is 6.23. The van der Waals surface area contributed by atoms with Crippen molar-refractivity contribution in [1.29, 1.82) is 0 Å². The van der Waals surface area contributed by atoms with Gasteiger partial charge in [0.1, 0.15) is 0 Å². The minimum Gasteiger partial charge on any atom is -0.493 e. The Hall–Kier alpha value is -2.16. The van der Waals surface area contributed by atoms with Crippen molar-refractivity contribution in [3.05, 3.63) is 53.6 Å². The predicted octanol–water partition coefficient (Wildman–Crippen LogP) is 4.94. The number of hydrogen-bond donors (Lipinski definition) is 1. The zero-order valence-corrected chi connectivity index (χ0v) is 14.0. The molecule has 1 saturated carbocycles. The molecule has 23 heavy (non-hydrogen) atoms. The van der Waals surface area contributed by atoms with E-state index in [9.17, 15) is 0 Å². The van der Waals surface area contributed by atoms with E-state index in [4.69, 9.17) is 9.47 Å². The normalized spacial score (nSPS) is 14.7. The molecule has 3 rings (SSSR count). The molecular weight excluding hydrogens is 286 g/mol. The Labute approximate surface area is 138 Å². The molecule has 3 nitrogen and oxygen atoms in total. The fourth-order valence-corrected chi connectivity index (χ4v) is 2.98. The summed E-state index contributed by atoms with van der Waals surface area (Å²) in [6, 6.07) is 14.6. The van der Waals surface area contributed by atoms with Crippen molar-refractivity contribution in [2.24, 2.45) is 0 Å². The lowest BCUT2D eigenvalue weighted by molar-refractivity contribution is 0.200. The number of benzene rings is 2. The van der Waals surface area contributed by atoms with Gasteiger partial charge in [0.05, 0.1) is 13.2 Å². The molecule has 0 aromatic heterocycles. The zero-order chi connectivity index (χ0) is 16.1. The van der Waals surface area contributed by atoms with Gasteiger partial charge in [0.15, 0.2) is 11.5 Å². The molecule has 0 aliphatic heterocycles. The average Bonchev–Trinajstić information content (AvgIpc) is 3.08. The molecule has 0 heterocycles. The first-order valence-corrected chi connectivity index (χ1v) is 8.39. The summed E-state index contributed by atoms with van der Waals surface area (Å²) in [5.74, 6) is 1.68. The van der Waals surface area contributed by atoms with Crippen LogP contribution in [0.2, 0.25) is 0 Å². The maximum absolute atomic E-state index is 6.08. The molecule has 0 spiro atoms. The minimum atomic E-state index is 0.348. The topological polar surface area (TPSA) is 30.5 Å². The van der Waals surface area contributed by atoms with E-state index in [1.807, 2.05) is 6.07 Å². The first-order chi connectivity index (χ1) is 11.2. The molecule has 0 atom stereocenters. The first-order valence-electron chi connectivity index (χ1n) is 8.39. The highest BCUT2D eigenvalue weighted by molar-refractivity contribution is 5.47. The van der Waals surface area contributed by atoms with Crippen LogP contribution in [0.25, 0.3) is 0 Å². The van der Waals surface area contributed by atoms with Gasteiger partial charge in [-0.05, 0) is 62.4 Å². The number of nitrogens with one attached hydrogen (secondary N) is 1. The van der Waals surface area contributed by atoms with Gasteiger partial charge in [0.2, 0.25) is 0 Å². The molecule has 1 fully saturated rings. The third-order valence-corrected chi connectivity index (χ3v) is 4.37. The second-order valence-corrected chi connectivity index (χ2v) is 6.23. The van der Waals surface area contributed by atoms with Gasteiger partial charge in [-0.25, -0.2) is 0 Å². The van der Waals surface area contributed by atoms with Gasteiger partial charge in [0, 0.05) is 12.2 Å². The van der Waals surface area contributed by atoms with Gasteiger partial charge in [-0.1, -0.05) is 23.8 Å². The SMILES string of the molecule is COc1cc(CNc2ccc(C)cc2)ccc1OC1CCCC1. The lowest BCUT2D eigenvalue weighted by Crippen LogP contribution is -2.11. The minimum absolute atomic E-state index is 0.348. The molecule has 122 valence electrons. The van der Waals surface area contributed by atoms with E-state index in [-0.39, 0.29) is 0 Å². The zero-order valence-electron chi connectivity index (χ0n) is 14.0. The molecule has 0 bridgehead atoms. The van der Waals surface area contributed by atoms with Gasteiger partial charge in [-0.3, -0.25) is 0 Å². The maximum Gasteiger partial charge on any atom is 0.161 e. The molecule has 3 heteroatoms. The largest absolute Gasteiger partial charge is 0.493 e. The van der Waals surface area contributed by atoms with Gasteiger partial charge < -0.3 is 14.8 Å². The van der Waals surface area contributed by atoms with Crippen molar-refractivity contribution in [3.63, 3.8) is 0 Å². The van der Waals surface area contributed by atoms with Crippen molar-refractivity contribution in [1.82, 2.24) is 0 Å². The van der Waals surface area contributed by atoms with Crippen LogP contribution in [0, 0.1) is 6.92 Å². The molecule has 2 aromatic carbocycles. The second kappa shape index (κ2) is 7.40. The molecular formula is C20H25NO2. The van der Waals surface area contributed by atoms with Crippen LogP contribution in [0.15, 0.2) is 42.5 Å². The molecule has 1 N–H and O–H groups in total. The third-order valence-electron chi connectivity index (χ3n) is 4.37. The molecule has 0 saturated heterocycles. The molecule has 2 aromatic rings. The van der Waals surface area contributed by atoms with E-state index in [1.54, 1.807) is 7.11 Å². The van der Waals surface area contributed by atoms with Crippen LogP contribution in [0.1, 0.15) is 36.8 Å². The molecule has 1 aliphatic carbocycles. The number of anilines is 1. The predicted molar refractivity (Wildman–Crippen MR) is 94.4 cm³/mol. The fraction of sp³-hybridized carbons (Fsp3) is 0.400. The Balaban J connectivity index is 1.64. The highest BCUT2D eigenvalue weighted by atomic mass is 16.5. The first kappa shape index (κ1) is 15.7. The van der Waals surface area contributed by atoms with E-state index in [0.717, 1.165) is 36.6 Å². The van der Waals surface area contributed by atoms with Crippen LogP contribution in [-0.2, 0) is 6.54 Å². The monoisotopic (exact) mass is 311 g/mol. The fourth-order valence-electron chi connectivity index (χ4n) is 2.98. The number of methoxy groups -OCH3 is 1. The summed E-state index contributed by atoms with van der Waals surface area (Å²) in [5, 5.41) is 3.44. The third kappa shape index (κ3) is 4.19. The standard InChI is InChI=1S/C20H25NO2/c1-15-7-10-17(11-8-15)21-14-16-9-12-19(20(13-16)22-2)23-18-5-3-4-6-18/h7-13,18,21H,3-6,14H2,1-2H3. The lowest BCUT2D eigenvalue weighted by Gasteiger charge is -2.17. The smallest absolute Gasteiger partial charge is 0.161 e. The quantitative estimate of drug-likeness (QED) is 0.820. The van der Waals surface area contributed by atoms with E-state index in [0.29, 0.717) is 6.10 Å². The Morgan fingerprint density at radius 2 is 1.74 bits per heavy atom. The van der Waals surface area contributed by atoms with Crippen LogP contribution < -0.4 is 14.8 Å². The molecule has 0 unspecified atom stereocenters. The number of rotatable bonds is 6. The Morgan fingerprint density at radius 1 is 1.00 bits per heavy atom. The van der Waals surface area contributed by atoms with Crippen LogP contribution in [0.4, 0.5) is 5.69 Å². The summed E-state index contributed by atoms with van der Waals surface area (Å²) in [4.78, 5) is 0. The number of hydrogen-bond acceptors (Lipinski definition) is 3. The average molecular weight is 311 g/mol. The summed E-state index contributed by atoms with van der Waals surface area (Å²) in [6.45, 7) is 2.86. The van der Waals surface area contributed by atoms with Crippen LogP contribution in [-0.4, -0.2) is 13.2 Å². The van der Waals surface area contributed by atoms with Crippen molar-refractivity contribution >= 4 is 5.69 Å². The molecule has 1 aliphatic rings. The van der Waals surface area contributed by atoms with Crippen LogP contribution in [0.5, 0.6) is 11.5 Å². The van der Waals surface area contributed by atoms with Crippen molar-refractivity contribution in [2.45, 2.75) is 45.3 Å². The van der Waals surface area contributed by atoms with Gasteiger partial charge in [0.25, 0.3) is 0 Å². The molecule has 0 radical (unpaired) electrons. The number of ether oxygens (including phenoxy) is 2. The van der Waals surface area contributed by atoms with Crippen molar-refractivity contribution in [2.75, 3.05) is 12.4 Å². The Morgan fingerprint density at radius 3 is 2.43 bits per heavy atom. The van der Waals surface area contributed by atoms with Gasteiger partial charge >= 0.3 is 0 Å². The van der Waals surface area contributed by atoms with E-state index < -0.39 is 0 Å². The Kier molecular flexibility index (Phi) is 5.06. The van der Waals surface area contributed by atoms with Crippen molar-refractivity contribution < 1.29 is 9.47 Å². The lowest BCUT2D eigenvalue weighted by atomic mass is 10.1. The Bertz CT molecular complexity index is 631. The summed E-state index contributed by atoms with van der Waals surface area (Å²) in [6.07, 6.45) is 5.19. The van der Waals surface area contributed by atoms with Crippen molar-refractivity contribution in [3.8, 4) is 11.5 Å². The summed E-state index contributed by atoms with van der Waals surface area (Å²) < 4.78 is 11.6. The summed E-state index contributed by atoms with van der Waals surface area (Å²) in [7, 11) is 1.70. The van der Waals surface area contributed by atoms with E-state index >= 15 is 0 Å². The van der Waals surface area contributed by atoms with E-state index in [1.165, 1.54) is 24.0 Å². The van der Waals surface area contributed by atoms with Crippen LogP contribution in [0.3, 0.4) is 0 Å².